The average molecular weight is 275 g/mol. The summed E-state index contributed by atoms with van der Waals surface area (Å²) in [5, 5.41) is 19.1. The number of rotatable bonds is 3. The highest BCUT2D eigenvalue weighted by molar-refractivity contribution is 9.10. The van der Waals surface area contributed by atoms with E-state index in [1.54, 1.807) is 12.1 Å². The Morgan fingerprint density at radius 3 is 2.87 bits per heavy atom. The number of carbonyl (C=O) groups is 1. The van der Waals surface area contributed by atoms with Crippen molar-refractivity contribution < 1.29 is 19.7 Å². The molecular weight excluding hydrogens is 264 g/mol. The Bertz CT molecular complexity index is 364. The molecule has 1 aromatic rings. The Morgan fingerprint density at radius 1 is 1.60 bits per heavy atom. The molecule has 1 unspecified atom stereocenters. The van der Waals surface area contributed by atoms with Crippen LogP contribution in [0.3, 0.4) is 0 Å². The fraction of sp³-hybridized carbons (Fsp3) is 0.300. The van der Waals surface area contributed by atoms with E-state index < -0.39 is 12.1 Å². The summed E-state index contributed by atoms with van der Waals surface area (Å²) >= 11 is 3.13. The molecule has 0 saturated heterocycles. The number of carbonyl (C=O) groups excluding carboxylic acids is 1. The quantitative estimate of drug-likeness (QED) is 0.825. The first-order valence-electron chi connectivity index (χ1n) is 4.28. The number of benzene rings is 1. The van der Waals surface area contributed by atoms with Crippen LogP contribution in [0.5, 0.6) is 5.75 Å². The molecule has 15 heavy (non-hydrogen) atoms. The number of esters is 1. The lowest BCUT2D eigenvalue weighted by atomic mass is 10.1. The minimum Gasteiger partial charge on any atom is -0.507 e. The van der Waals surface area contributed by atoms with E-state index in [1.807, 2.05) is 0 Å². The van der Waals surface area contributed by atoms with Crippen LogP contribution < -0.4 is 0 Å². The third-order valence-corrected chi connectivity index (χ3v) is 2.82. The largest absolute Gasteiger partial charge is 0.507 e. The molecule has 0 aliphatic heterocycles. The zero-order valence-electron chi connectivity index (χ0n) is 8.11. The lowest BCUT2D eigenvalue weighted by Crippen LogP contribution is -2.08. The van der Waals surface area contributed by atoms with Gasteiger partial charge in [-0.2, -0.15) is 0 Å². The van der Waals surface area contributed by atoms with Crippen molar-refractivity contribution in [3.8, 4) is 5.75 Å². The van der Waals surface area contributed by atoms with Crippen molar-refractivity contribution in [3.05, 3.63) is 28.2 Å². The predicted octanol–water partition coefficient (Wildman–Crippen LogP) is 1.75. The molecule has 0 bridgehead atoms. The van der Waals surface area contributed by atoms with Crippen LogP contribution in [-0.2, 0) is 9.53 Å². The smallest absolute Gasteiger partial charge is 0.308 e. The Morgan fingerprint density at radius 2 is 2.27 bits per heavy atom. The van der Waals surface area contributed by atoms with Crippen LogP contribution in [0.4, 0.5) is 0 Å². The number of phenols is 1. The van der Waals surface area contributed by atoms with Crippen LogP contribution in [0, 0.1) is 0 Å². The lowest BCUT2D eigenvalue weighted by Gasteiger charge is -2.12. The van der Waals surface area contributed by atoms with Crippen LogP contribution in [0.2, 0.25) is 0 Å². The molecule has 82 valence electrons. The second kappa shape index (κ2) is 5.14. The first-order valence-corrected chi connectivity index (χ1v) is 5.07. The van der Waals surface area contributed by atoms with Gasteiger partial charge in [0.1, 0.15) is 5.75 Å². The molecule has 1 rings (SSSR count). The van der Waals surface area contributed by atoms with Gasteiger partial charge in [0.25, 0.3) is 0 Å². The number of aliphatic hydroxyl groups excluding tert-OH is 1. The molecule has 0 aliphatic carbocycles. The molecule has 0 aromatic heterocycles. The summed E-state index contributed by atoms with van der Waals surface area (Å²) in [5.41, 5.74) is 0.459. The number of aliphatic hydroxyl groups is 1. The number of hydrogen-bond donors (Lipinski definition) is 2. The summed E-state index contributed by atoms with van der Waals surface area (Å²) in [4.78, 5) is 10.9. The Balaban J connectivity index is 2.86. The van der Waals surface area contributed by atoms with Crippen molar-refractivity contribution in [1.29, 1.82) is 0 Å². The molecule has 0 heterocycles. The number of ether oxygens (including phenoxy) is 1. The van der Waals surface area contributed by atoms with E-state index in [1.165, 1.54) is 13.2 Å². The van der Waals surface area contributed by atoms with Gasteiger partial charge in [0.15, 0.2) is 0 Å². The zero-order valence-corrected chi connectivity index (χ0v) is 9.69. The molecule has 0 radical (unpaired) electrons. The highest BCUT2D eigenvalue weighted by atomic mass is 79.9. The second-order valence-electron chi connectivity index (χ2n) is 2.98. The summed E-state index contributed by atoms with van der Waals surface area (Å²) in [6.07, 6.45) is -1.13. The standard InChI is InChI=1S/C10H11BrO4/c1-15-9(14)5-8(13)6-3-2-4-7(12)10(6)11/h2-4,8,12-13H,5H2,1H3. The van der Waals surface area contributed by atoms with Gasteiger partial charge in [-0.1, -0.05) is 12.1 Å². The van der Waals surface area contributed by atoms with E-state index >= 15 is 0 Å². The summed E-state index contributed by atoms with van der Waals surface area (Å²) in [6.45, 7) is 0. The van der Waals surface area contributed by atoms with E-state index in [0.29, 0.717) is 10.0 Å². The van der Waals surface area contributed by atoms with Crippen molar-refractivity contribution >= 4 is 21.9 Å². The van der Waals surface area contributed by atoms with Gasteiger partial charge in [-0.3, -0.25) is 4.79 Å². The van der Waals surface area contributed by atoms with Crippen molar-refractivity contribution in [3.63, 3.8) is 0 Å². The van der Waals surface area contributed by atoms with E-state index in [0.717, 1.165) is 0 Å². The highest BCUT2D eigenvalue weighted by Gasteiger charge is 2.17. The van der Waals surface area contributed by atoms with Gasteiger partial charge in [-0.15, -0.1) is 0 Å². The summed E-state index contributed by atoms with van der Waals surface area (Å²) in [5.74, 6) is -0.478. The lowest BCUT2D eigenvalue weighted by molar-refractivity contribution is -0.142. The zero-order chi connectivity index (χ0) is 11.4. The third-order valence-electron chi connectivity index (χ3n) is 1.95. The molecule has 0 fully saturated rings. The van der Waals surface area contributed by atoms with Gasteiger partial charge in [0.05, 0.1) is 24.1 Å². The fourth-order valence-corrected chi connectivity index (χ4v) is 1.67. The highest BCUT2D eigenvalue weighted by Crippen LogP contribution is 2.32. The molecule has 0 amide bonds. The van der Waals surface area contributed by atoms with E-state index in [9.17, 15) is 15.0 Å². The van der Waals surface area contributed by atoms with Crippen LogP contribution in [0.1, 0.15) is 18.1 Å². The number of aromatic hydroxyl groups is 1. The van der Waals surface area contributed by atoms with Gasteiger partial charge in [-0.05, 0) is 27.6 Å². The van der Waals surface area contributed by atoms with Gasteiger partial charge >= 0.3 is 5.97 Å². The number of halogens is 1. The van der Waals surface area contributed by atoms with Gasteiger partial charge < -0.3 is 14.9 Å². The van der Waals surface area contributed by atoms with Crippen LogP contribution in [0.25, 0.3) is 0 Å². The minimum absolute atomic E-state index is 0.0245. The van der Waals surface area contributed by atoms with Crippen molar-refractivity contribution in [1.82, 2.24) is 0 Å². The van der Waals surface area contributed by atoms with Crippen molar-refractivity contribution in [2.24, 2.45) is 0 Å². The van der Waals surface area contributed by atoms with E-state index in [-0.39, 0.29) is 12.2 Å². The number of hydrogen-bond acceptors (Lipinski definition) is 4. The van der Waals surface area contributed by atoms with Crippen LogP contribution >= 0.6 is 15.9 Å². The Labute approximate surface area is 95.6 Å². The molecule has 0 spiro atoms. The maximum Gasteiger partial charge on any atom is 0.308 e. The third kappa shape index (κ3) is 2.94. The Hall–Kier alpha value is -1.07. The molecule has 1 aromatic carbocycles. The van der Waals surface area contributed by atoms with Gasteiger partial charge in [0.2, 0.25) is 0 Å². The number of phenolic OH excluding ortho intramolecular Hbond substituents is 1. The molecule has 2 N–H and O–H groups in total. The second-order valence-corrected chi connectivity index (χ2v) is 3.77. The minimum atomic E-state index is -0.987. The molecule has 5 heteroatoms. The SMILES string of the molecule is COC(=O)CC(O)c1cccc(O)c1Br. The summed E-state index contributed by atoms with van der Waals surface area (Å²) < 4.78 is 4.83. The number of methoxy groups -OCH3 is 1. The average Bonchev–Trinajstić information content (AvgIpc) is 2.21. The van der Waals surface area contributed by atoms with Gasteiger partial charge in [0, 0.05) is 0 Å². The maximum atomic E-state index is 10.9. The van der Waals surface area contributed by atoms with Crippen molar-refractivity contribution in [2.45, 2.75) is 12.5 Å². The molecule has 0 aliphatic rings. The summed E-state index contributed by atoms with van der Waals surface area (Å²) in [7, 11) is 1.26. The van der Waals surface area contributed by atoms with Crippen molar-refractivity contribution in [2.75, 3.05) is 7.11 Å². The Kier molecular flexibility index (Phi) is 4.11. The molecule has 1 atom stereocenters. The van der Waals surface area contributed by atoms with Gasteiger partial charge in [-0.25, -0.2) is 0 Å². The van der Waals surface area contributed by atoms with E-state index in [2.05, 4.69) is 20.7 Å². The molecule has 0 saturated carbocycles. The summed E-state index contributed by atoms with van der Waals surface area (Å²) in [6, 6.07) is 4.70. The van der Waals surface area contributed by atoms with Crippen LogP contribution in [-0.4, -0.2) is 23.3 Å². The predicted molar refractivity (Wildman–Crippen MR) is 57.4 cm³/mol. The molecule has 4 nitrogen and oxygen atoms in total. The first kappa shape index (κ1) is 12.0. The molecular formula is C10H11BrO4. The normalized spacial score (nSPS) is 12.2. The first-order chi connectivity index (χ1) is 7.06. The van der Waals surface area contributed by atoms with Crippen LogP contribution in [0.15, 0.2) is 22.7 Å². The topological polar surface area (TPSA) is 66.8 Å². The fourth-order valence-electron chi connectivity index (χ4n) is 1.15. The maximum absolute atomic E-state index is 10.9. The van der Waals surface area contributed by atoms with E-state index in [4.69, 9.17) is 0 Å². The monoisotopic (exact) mass is 274 g/mol.